The van der Waals surface area contributed by atoms with Gasteiger partial charge in [0.15, 0.2) is 0 Å². The number of nitrogens with zero attached hydrogens (tertiary/aromatic N) is 3. The first-order valence-corrected chi connectivity index (χ1v) is 12.7. The molecule has 204 valence electrons. The molecule has 0 aliphatic rings. The van der Waals surface area contributed by atoms with Gasteiger partial charge >= 0.3 is 0 Å². The van der Waals surface area contributed by atoms with Crippen LogP contribution >= 0.6 is 0 Å². The number of para-hydroxylation sites is 1. The first-order chi connectivity index (χ1) is 19.2. The van der Waals surface area contributed by atoms with E-state index in [0.29, 0.717) is 24.3 Å². The highest BCUT2D eigenvalue weighted by Gasteiger charge is 2.20. The molecule has 9 nitrogen and oxygen atoms in total. The molecule has 0 aliphatic heterocycles. The normalized spacial score (nSPS) is 10.6. The summed E-state index contributed by atoms with van der Waals surface area (Å²) < 4.78 is 0. The SMILES string of the molecule is CN(C)c1ccc(C(=O)N(Cc2cccc(CN)c2)Cc2ccccc2NC(=O)c2ccc([N+](=O)[O-])cc2)cc1. The lowest BCUT2D eigenvalue weighted by Gasteiger charge is -2.25. The minimum absolute atomic E-state index is 0.0941. The number of anilines is 2. The van der Waals surface area contributed by atoms with E-state index in [2.05, 4.69) is 5.32 Å². The molecule has 0 atom stereocenters. The van der Waals surface area contributed by atoms with Crippen LogP contribution in [0.2, 0.25) is 0 Å². The van der Waals surface area contributed by atoms with Gasteiger partial charge in [0.2, 0.25) is 0 Å². The fourth-order valence-corrected chi connectivity index (χ4v) is 4.27. The molecule has 2 amide bonds. The van der Waals surface area contributed by atoms with Gasteiger partial charge in [-0.1, -0.05) is 42.5 Å². The quantitative estimate of drug-likeness (QED) is 0.211. The Bertz CT molecular complexity index is 1500. The van der Waals surface area contributed by atoms with Crippen molar-refractivity contribution in [3.05, 3.63) is 135 Å². The predicted molar refractivity (Wildman–Crippen MR) is 156 cm³/mol. The van der Waals surface area contributed by atoms with Crippen LogP contribution in [0.1, 0.15) is 37.4 Å². The molecule has 0 saturated heterocycles. The zero-order valence-corrected chi connectivity index (χ0v) is 22.4. The molecule has 0 fully saturated rings. The topological polar surface area (TPSA) is 122 Å². The van der Waals surface area contributed by atoms with Crippen molar-refractivity contribution in [3.8, 4) is 0 Å². The Morgan fingerprint density at radius 2 is 1.48 bits per heavy atom. The number of rotatable bonds is 10. The summed E-state index contributed by atoms with van der Waals surface area (Å²) in [5.41, 5.74) is 10.8. The predicted octanol–water partition coefficient (Wildman–Crippen LogP) is 5.21. The Hall–Kier alpha value is -5.02. The van der Waals surface area contributed by atoms with Crippen LogP contribution in [0.25, 0.3) is 0 Å². The van der Waals surface area contributed by atoms with Crippen LogP contribution < -0.4 is 16.0 Å². The Kier molecular flexibility index (Phi) is 8.88. The average molecular weight is 538 g/mol. The summed E-state index contributed by atoms with van der Waals surface area (Å²) in [6.45, 7) is 0.968. The Balaban J connectivity index is 1.62. The van der Waals surface area contributed by atoms with Crippen molar-refractivity contribution in [2.75, 3.05) is 24.3 Å². The molecule has 0 spiro atoms. The van der Waals surface area contributed by atoms with Crippen molar-refractivity contribution in [3.63, 3.8) is 0 Å². The summed E-state index contributed by atoms with van der Waals surface area (Å²) in [4.78, 5) is 40.9. The molecule has 0 bridgehead atoms. The molecule has 0 aromatic heterocycles. The minimum Gasteiger partial charge on any atom is -0.378 e. The summed E-state index contributed by atoms with van der Waals surface area (Å²) in [5, 5.41) is 13.8. The number of nitro groups is 1. The summed E-state index contributed by atoms with van der Waals surface area (Å²) in [5.74, 6) is -0.560. The molecule has 40 heavy (non-hydrogen) atoms. The summed E-state index contributed by atoms with van der Waals surface area (Å²) in [7, 11) is 3.88. The molecular formula is C31H31N5O4. The second-order valence-corrected chi connectivity index (χ2v) is 9.54. The van der Waals surface area contributed by atoms with Crippen LogP contribution in [0.15, 0.2) is 97.1 Å². The van der Waals surface area contributed by atoms with Gasteiger partial charge in [-0.25, -0.2) is 0 Å². The zero-order valence-electron chi connectivity index (χ0n) is 22.4. The van der Waals surface area contributed by atoms with Crippen molar-refractivity contribution in [2.45, 2.75) is 19.6 Å². The second-order valence-electron chi connectivity index (χ2n) is 9.54. The summed E-state index contributed by atoms with van der Waals surface area (Å²) in [6, 6.07) is 27.9. The van der Waals surface area contributed by atoms with Gasteiger partial charge in [0.1, 0.15) is 0 Å². The molecular weight excluding hydrogens is 506 g/mol. The molecule has 0 aliphatic carbocycles. The molecule has 4 aromatic carbocycles. The van der Waals surface area contributed by atoms with Gasteiger partial charge < -0.3 is 20.9 Å². The van der Waals surface area contributed by atoms with Crippen molar-refractivity contribution < 1.29 is 14.5 Å². The molecule has 0 radical (unpaired) electrons. The standard InChI is InChI=1S/C31H31N5O4/c1-34(2)27-14-12-25(13-15-27)31(38)35(20-23-7-5-6-22(18-23)19-32)21-26-8-3-4-9-29(26)33-30(37)24-10-16-28(17-11-24)36(39)40/h3-18H,19-21,32H2,1-2H3,(H,33,37). The van der Waals surface area contributed by atoms with E-state index in [1.807, 2.05) is 79.7 Å². The highest BCUT2D eigenvalue weighted by molar-refractivity contribution is 6.04. The van der Waals surface area contributed by atoms with E-state index in [4.69, 9.17) is 5.73 Å². The smallest absolute Gasteiger partial charge is 0.269 e. The third-order valence-corrected chi connectivity index (χ3v) is 6.49. The van der Waals surface area contributed by atoms with Crippen molar-refractivity contribution >= 4 is 28.9 Å². The van der Waals surface area contributed by atoms with Crippen LogP contribution in [0.5, 0.6) is 0 Å². The van der Waals surface area contributed by atoms with Gasteiger partial charge in [-0.15, -0.1) is 0 Å². The Labute approximate surface area is 233 Å². The van der Waals surface area contributed by atoms with Gasteiger partial charge in [0, 0.05) is 68.4 Å². The number of hydrogen-bond donors (Lipinski definition) is 2. The van der Waals surface area contributed by atoms with E-state index in [0.717, 1.165) is 22.4 Å². The molecule has 0 unspecified atom stereocenters. The van der Waals surface area contributed by atoms with E-state index < -0.39 is 10.8 Å². The maximum absolute atomic E-state index is 13.8. The molecule has 4 rings (SSSR count). The molecule has 0 saturated carbocycles. The molecule has 4 aromatic rings. The average Bonchev–Trinajstić information content (AvgIpc) is 2.97. The van der Waals surface area contributed by atoms with Gasteiger partial charge in [0.05, 0.1) is 4.92 Å². The van der Waals surface area contributed by atoms with Gasteiger partial charge in [0.25, 0.3) is 17.5 Å². The maximum atomic E-state index is 13.8. The second kappa shape index (κ2) is 12.7. The number of amides is 2. The van der Waals surface area contributed by atoms with Crippen LogP contribution in [0, 0.1) is 10.1 Å². The monoisotopic (exact) mass is 537 g/mol. The van der Waals surface area contributed by atoms with Crippen LogP contribution in [-0.4, -0.2) is 35.7 Å². The first-order valence-electron chi connectivity index (χ1n) is 12.7. The number of non-ortho nitro benzene ring substituents is 1. The van der Waals surface area contributed by atoms with E-state index in [1.165, 1.54) is 24.3 Å². The van der Waals surface area contributed by atoms with Gasteiger partial charge in [-0.2, -0.15) is 0 Å². The van der Waals surface area contributed by atoms with Crippen molar-refractivity contribution in [2.24, 2.45) is 5.73 Å². The number of nitrogens with one attached hydrogen (secondary N) is 1. The fraction of sp³-hybridized carbons (Fsp3) is 0.161. The lowest BCUT2D eigenvalue weighted by molar-refractivity contribution is -0.384. The number of benzene rings is 4. The van der Waals surface area contributed by atoms with E-state index >= 15 is 0 Å². The van der Waals surface area contributed by atoms with Crippen LogP contribution in [0.4, 0.5) is 17.1 Å². The van der Waals surface area contributed by atoms with E-state index in [-0.39, 0.29) is 23.7 Å². The molecule has 3 N–H and O–H groups in total. The Morgan fingerprint density at radius 1 is 0.825 bits per heavy atom. The molecule has 9 heteroatoms. The summed E-state index contributed by atoms with van der Waals surface area (Å²) in [6.07, 6.45) is 0. The highest BCUT2D eigenvalue weighted by Crippen LogP contribution is 2.23. The van der Waals surface area contributed by atoms with E-state index in [1.54, 1.807) is 17.0 Å². The third kappa shape index (κ3) is 6.89. The van der Waals surface area contributed by atoms with E-state index in [9.17, 15) is 19.7 Å². The number of nitro benzene ring substituents is 1. The largest absolute Gasteiger partial charge is 0.378 e. The number of hydrogen-bond acceptors (Lipinski definition) is 6. The highest BCUT2D eigenvalue weighted by atomic mass is 16.6. The number of nitrogens with two attached hydrogens (primary N) is 1. The van der Waals surface area contributed by atoms with Crippen molar-refractivity contribution in [1.82, 2.24) is 4.90 Å². The van der Waals surface area contributed by atoms with Crippen LogP contribution in [-0.2, 0) is 19.6 Å². The van der Waals surface area contributed by atoms with Gasteiger partial charge in [-0.3, -0.25) is 19.7 Å². The Morgan fingerprint density at radius 3 is 2.12 bits per heavy atom. The number of carbonyl (C=O) groups is 2. The van der Waals surface area contributed by atoms with Gasteiger partial charge in [-0.05, 0) is 59.2 Å². The lowest BCUT2D eigenvalue weighted by Crippen LogP contribution is -2.30. The maximum Gasteiger partial charge on any atom is 0.269 e. The fourth-order valence-electron chi connectivity index (χ4n) is 4.27. The zero-order chi connectivity index (χ0) is 28.6. The summed E-state index contributed by atoms with van der Waals surface area (Å²) >= 11 is 0. The lowest BCUT2D eigenvalue weighted by atomic mass is 10.1. The third-order valence-electron chi connectivity index (χ3n) is 6.49. The first kappa shape index (κ1) is 28.0. The van der Waals surface area contributed by atoms with Crippen LogP contribution in [0.3, 0.4) is 0 Å². The van der Waals surface area contributed by atoms with Crippen molar-refractivity contribution in [1.29, 1.82) is 0 Å². The minimum atomic E-state index is -0.514. The molecule has 0 heterocycles. The number of carbonyl (C=O) groups excluding carboxylic acids is 2.